The van der Waals surface area contributed by atoms with Gasteiger partial charge in [0, 0.05) is 31.4 Å². The third kappa shape index (κ3) is 3.10. The Labute approximate surface area is 119 Å². The maximum atomic E-state index is 12.1. The van der Waals surface area contributed by atoms with Crippen LogP contribution >= 0.6 is 12.4 Å². The Kier molecular flexibility index (Phi) is 4.20. The minimum absolute atomic E-state index is 0. The highest BCUT2D eigenvalue weighted by atomic mass is 35.5. The van der Waals surface area contributed by atoms with Crippen LogP contribution in [0.5, 0.6) is 0 Å². The van der Waals surface area contributed by atoms with Crippen molar-refractivity contribution in [2.45, 2.75) is 48.8 Å². The Morgan fingerprint density at radius 2 is 2.00 bits per heavy atom. The summed E-state index contributed by atoms with van der Waals surface area (Å²) in [4.78, 5) is 3.90. The molecule has 1 aromatic heterocycles. The molecule has 2 bridgehead atoms. The van der Waals surface area contributed by atoms with Gasteiger partial charge in [0.15, 0.2) is 5.03 Å². The van der Waals surface area contributed by atoms with Crippen molar-refractivity contribution in [3.8, 4) is 0 Å². The molecule has 0 saturated carbocycles. The first-order valence-corrected chi connectivity index (χ1v) is 7.77. The van der Waals surface area contributed by atoms with Gasteiger partial charge in [0.05, 0.1) is 6.33 Å². The van der Waals surface area contributed by atoms with Crippen LogP contribution in [0, 0.1) is 0 Å². The molecule has 108 valence electrons. The Morgan fingerprint density at radius 3 is 2.53 bits per heavy atom. The molecule has 2 aliphatic rings. The van der Waals surface area contributed by atoms with E-state index in [0.29, 0.717) is 12.1 Å². The first-order chi connectivity index (χ1) is 8.53. The second-order valence-electron chi connectivity index (χ2n) is 5.30. The van der Waals surface area contributed by atoms with Crippen molar-refractivity contribution in [3.63, 3.8) is 0 Å². The molecule has 2 atom stereocenters. The van der Waals surface area contributed by atoms with Crippen molar-refractivity contribution in [2.75, 3.05) is 0 Å². The van der Waals surface area contributed by atoms with E-state index in [9.17, 15) is 8.42 Å². The Morgan fingerprint density at radius 1 is 1.37 bits per heavy atom. The molecule has 0 radical (unpaired) electrons. The number of halogens is 1. The second-order valence-corrected chi connectivity index (χ2v) is 6.97. The van der Waals surface area contributed by atoms with Gasteiger partial charge in [-0.2, -0.15) is 0 Å². The summed E-state index contributed by atoms with van der Waals surface area (Å²) in [5.41, 5.74) is 0. The minimum atomic E-state index is -3.47. The second kappa shape index (κ2) is 5.40. The molecule has 2 N–H and O–H groups in total. The number of rotatable bonds is 3. The topological polar surface area (TPSA) is 76.0 Å². The van der Waals surface area contributed by atoms with E-state index in [2.05, 4.69) is 15.0 Å². The van der Waals surface area contributed by atoms with E-state index in [-0.39, 0.29) is 23.5 Å². The molecule has 0 spiro atoms. The van der Waals surface area contributed by atoms with Crippen LogP contribution in [-0.4, -0.2) is 36.1 Å². The molecule has 0 amide bonds. The summed E-state index contributed by atoms with van der Waals surface area (Å²) in [7, 11) is -1.71. The van der Waals surface area contributed by atoms with Gasteiger partial charge in [-0.1, -0.05) is 0 Å². The van der Waals surface area contributed by atoms with E-state index < -0.39 is 10.0 Å². The van der Waals surface area contributed by atoms with Crippen LogP contribution < -0.4 is 10.0 Å². The van der Waals surface area contributed by atoms with Crippen molar-refractivity contribution in [1.29, 1.82) is 0 Å². The van der Waals surface area contributed by atoms with E-state index >= 15 is 0 Å². The first-order valence-electron chi connectivity index (χ1n) is 6.29. The summed E-state index contributed by atoms with van der Waals surface area (Å²) < 4.78 is 28.7. The van der Waals surface area contributed by atoms with E-state index in [1.165, 1.54) is 12.5 Å². The van der Waals surface area contributed by atoms with Gasteiger partial charge in [-0.25, -0.2) is 18.1 Å². The van der Waals surface area contributed by atoms with Crippen LogP contribution in [0.3, 0.4) is 0 Å². The molecule has 0 aromatic carbocycles. The standard InChI is InChI=1S/C11H18N4O2S.ClH/c1-15-6-11(12-7-15)18(16,17)14-10-4-8-2-3-9(5-10)13-8;/h6-10,13-14H,2-5H2,1H3;1H. The van der Waals surface area contributed by atoms with Crippen LogP contribution in [0.25, 0.3) is 0 Å². The van der Waals surface area contributed by atoms with E-state index in [1.54, 1.807) is 11.6 Å². The molecule has 19 heavy (non-hydrogen) atoms. The van der Waals surface area contributed by atoms with Crippen molar-refractivity contribution in [2.24, 2.45) is 7.05 Å². The Bertz CT molecular complexity index is 533. The van der Waals surface area contributed by atoms with E-state index in [4.69, 9.17) is 0 Å². The molecule has 2 aliphatic heterocycles. The molecule has 6 nitrogen and oxygen atoms in total. The van der Waals surface area contributed by atoms with Crippen molar-refractivity contribution < 1.29 is 8.42 Å². The summed E-state index contributed by atoms with van der Waals surface area (Å²) >= 11 is 0. The normalized spacial score (nSPS) is 30.1. The van der Waals surface area contributed by atoms with Gasteiger partial charge >= 0.3 is 0 Å². The number of imidazole rings is 1. The van der Waals surface area contributed by atoms with Gasteiger partial charge in [-0.05, 0) is 25.7 Å². The van der Waals surface area contributed by atoms with Gasteiger partial charge in [0.25, 0.3) is 10.0 Å². The molecular formula is C11H19ClN4O2S. The summed E-state index contributed by atoms with van der Waals surface area (Å²) in [5, 5.41) is 3.60. The quantitative estimate of drug-likeness (QED) is 0.848. The lowest BCUT2D eigenvalue weighted by molar-refractivity contribution is 0.345. The van der Waals surface area contributed by atoms with Gasteiger partial charge in [0.2, 0.25) is 0 Å². The molecule has 3 heterocycles. The Hall–Kier alpha value is -0.630. The van der Waals surface area contributed by atoms with Gasteiger partial charge in [0.1, 0.15) is 0 Å². The zero-order chi connectivity index (χ0) is 12.8. The fourth-order valence-electron chi connectivity index (χ4n) is 2.96. The molecule has 3 rings (SSSR count). The number of hydrogen-bond acceptors (Lipinski definition) is 4. The average Bonchev–Trinajstić information content (AvgIpc) is 2.85. The SMILES string of the molecule is Cl.Cn1cnc(S(=O)(=O)NC2CC3CCC(C2)N3)c1. The average molecular weight is 307 g/mol. The van der Waals surface area contributed by atoms with Crippen molar-refractivity contribution in [1.82, 2.24) is 19.6 Å². The maximum absolute atomic E-state index is 12.1. The lowest BCUT2D eigenvalue weighted by Crippen LogP contribution is -2.47. The van der Waals surface area contributed by atoms with Crippen molar-refractivity contribution in [3.05, 3.63) is 12.5 Å². The highest BCUT2D eigenvalue weighted by Gasteiger charge is 2.35. The summed E-state index contributed by atoms with van der Waals surface area (Å²) in [6.07, 6.45) is 7.10. The lowest BCUT2D eigenvalue weighted by atomic mass is 10.0. The number of aryl methyl sites for hydroxylation is 1. The number of sulfonamides is 1. The summed E-state index contributed by atoms with van der Waals surface area (Å²) in [6, 6.07) is 0.983. The van der Waals surface area contributed by atoms with E-state index in [0.717, 1.165) is 25.7 Å². The highest BCUT2D eigenvalue weighted by Crippen LogP contribution is 2.27. The first kappa shape index (κ1) is 14.8. The number of aromatic nitrogens is 2. The molecular weight excluding hydrogens is 288 g/mol. The minimum Gasteiger partial charge on any atom is -0.339 e. The fourth-order valence-corrected chi connectivity index (χ4v) is 4.20. The number of nitrogens with one attached hydrogen (secondary N) is 2. The number of fused-ring (bicyclic) bond motifs is 2. The largest absolute Gasteiger partial charge is 0.339 e. The third-order valence-electron chi connectivity index (χ3n) is 3.75. The molecule has 2 fully saturated rings. The molecule has 2 saturated heterocycles. The van der Waals surface area contributed by atoms with Crippen LogP contribution in [0.15, 0.2) is 17.6 Å². The smallest absolute Gasteiger partial charge is 0.259 e. The van der Waals surface area contributed by atoms with Gasteiger partial charge < -0.3 is 9.88 Å². The predicted molar refractivity (Wildman–Crippen MR) is 73.7 cm³/mol. The fraction of sp³-hybridized carbons (Fsp3) is 0.727. The molecule has 8 heteroatoms. The molecule has 0 aliphatic carbocycles. The third-order valence-corrected chi connectivity index (χ3v) is 5.16. The number of nitrogens with zero attached hydrogens (tertiary/aromatic N) is 2. The van der Waals surface area contributed by atoms with Crippen LogP contribution in [0.1, 0.15) is 25.7 Å². The van der Waals surface area contributed by atoms with Crippen LogP contribution in [-0.2, 0) is 17.1 Å². The van der Waals surface area contributed by atoms with Crippen LogP contribution in [0.2, 0.25) is 0 Å². The van der Waals surface area contributed by atoms with Crippen molar-refractivity contribution >= 4 is 22.4 Å². The zero-order valence-electron chi connectivity index (χ0n) is 10.7. The van der Waals surface area contributed by atoms with Crippen LogP contribution in [0.4, 0.5) is 0 Å². The highest BCUT2D eigenvalue weighted by molar-refractivity contribution is 7.89. The maximum Gasteiger partial charge on any atom is 0.259 e. The predicted octanol–water partition coefficient (Wildman–Crippen LogP) is 0.403. The summed E-state index contributed by atoms with van der Waals surface area (Å²) in [5.74, 6) is 0. The molecule has 2 unspecified atom stereocenters. The zero-order valence-corrected chi connectivity index (χ0v) is 12.4. The summed E-state index contributed by atoms with van der Waals surface area (Å²) in [6.45, 7) is 0. The monoisotopic (exact) mass is 306 g/mol. The lowest BCUT2D eigenvalue weighted by Gasteiger charge is -2.29. The molecule has 1 aromatic rings. The van der Waals surface area contributed by atoms with Gasteiger partial charge in [-0.3, -0.25) is 0 Å². The number of piperidine rings is 1. The number of hydrogen-bond donors (Lipinski definition) is 2. The Balaban J connectivity index is 0.00000133. The van der Waals surface area contributed by atoms with Gasteiger partial charge in [-0.15, -0.1) is 12.4 Å². The van der Waals surface area contributed by atoms with E-state index in [1.807, 2.05) is 0 Å².